The molecule has 0 fully saturated rings. The van der Waals surface area contributed by atoms with Crippen molar-refractivity contribution in [1.82, 2.24) is 0 Å². The normalized spacial score (nSPS) is 17.4. The summed E-state index contributed by atoms with van der Waals surface area (Å²) < 4.78 is 10.3. The molecule has 182 valence electrons. The Labute approximate surface area is 175 Å². The average Bonchev–Trinajstić information content (AvgIpc) is 2.56. The summed E-state index contributed by atoms with van der Waals surface area (Å²) in [5.74, 6) is 0. The third-order valence-electron chi connectivity index (χ3n) is 2.07. The highest BCUT2D eigenvalue weighted by atomic mass is 17.6. The van der Waals surface area contributed by atoms with E-state index >= 15 is 0 Å². The van der Waals surface area contributed by atoms with Crippen molar-refractivity contribution in [2.24, 2.45) is 0 Å². The zero-order valence-corrected chi connectivity index (χ0v) is 18.9. The van der Waals surface area contributed by atoms with E-state index in [2.05, 4.69) is 29.6 Å². The van der Waals surface area contributed by atoms with Gasteiger partial charge in [-0.1, -0.05) is 10.1 Å². The van der Waals surface area contributed by atoms with Crippen molar-refractivity contribution in [3.63, 3.8) is 0 Å². The van der Waals surface area contributed by atoms with Crippen molar-refractivity contribution in [1.29, 1.82) is 0 Å². The highest BCUT2D eigenvalue weighted by Gasteiger charge is 2.50. The lowest BCUT2D eigenvalue weighted by Gasteiger charge is -2.32. The molecule has 0 amide bonds. The number of hydrogen-bond acceptors (Lipinski definition) is 14. The molecule has 2 unspecified atom stereocenters. The van der Waals surface area contributed by atoms with Crippen LogP contribution in [-0.2, 0) is 58.7 Å². The van der Waals surface area contributed by atoms with E-state index in [4.69, 9.17) is 29.0 Å². The molecule has 14 heteroatoms. The maximum atomic E-state index is 9.26. The van der Waals surface area contributed by atoms with Crippen LogP contribution in [0.3, 0.4) is 0 Å². The Kier molecular flexibility index (Phi) is 12.2. The molecule has 0 spiro atoms. The van der Waals surface area contributed by atoms with E-state index in [0.717, 1.165) is 0 Å². The van der Waals surface area contributed by atoms with Crippen LogP contribution in [0, 0.1) is 0 Å². The van der Waals surface area contributed by atoms with E-state index < -0.39 is 35.7 Å². The quantitative estimate of drug-likeness (QED) is 0.213. The number of rotatable bonds is 15. The molecule has 2 atom stereocenters. The van der Waals surface area contributed by atoms with Gasteiger partial charge in [0.2, 0.25) is 0 Å². The number of hydrogen-bond donors (Lipinski definition) is 2. The summed E-state index contributed by atoms with van der Waals surface area (Å²) >= 11 is 0. The predicted octanol–water partition coefficient (Wildman–Crippen LogP) is 3.34. The van der Waals surface area contributed by atoms with Gasteiger partial charge in [-0.15, -0.1) is 29.3 Å². The average molecular weight is 450 g/mol. The molecule has 0 rings (SSSR count). The van der Waals surface area contributed by atoms with Crippen LogP contribution < -0.4 is 0 Å². The lowest BCUT2D eigenvalue weighted by Crippen LogP contribution is -2.50. The third kappa shape index (κ3) is 13.0. The Bertz CT molecular complexity index is 418. The lowest BCUT2D eigenvalue weighted by atomic mass is 10.2. The molecular weight excluding hydrogens is 416 g/mol. The van der Waals surface area contributed by atoms with Gasteiger partial charge in [0.15, 0.2) is 0 Å². The lowest BCUT2D eigenvalue weighted by molar-refractivity contribution is -0.794. The molecule has 0 aliphatic carbocycles. The monoisotopic (exact) mass is 450 g/mol. The van der Waals surface area contributed by atoms with Gasteiger partial charge in [0.05, 0.1) is 23.4 Å². The van der Waals surface area contributed by atoms with Crippen LogP contribution in [0.1, 0.15) is 69.2 Å². The highest BCUT2D eigenvalue weighted by Crippen LogP contribution is 2.27. The van der Waals surface area contributed by atoms with Crippen molar-refractivity contribution in [2.45, 2.75) is 105 Å². The minimum Gasteiger partial charge on any atom is -0.295 e. The molecule has 0 aromatic rings. The highest BCUT2D eigenvalue weighted by molar-refractivity contribution is 4.54. The molecule has 0 saturated carbocycles. The minimum atomic E-state index is -2.90. The van der Waals surface area contributed by atoms with E-state index in [1.54, 1.807) is 41.5 Å². The fourth-order valence-corrected chi connectivity index (χ4v) is 1.21. The molecule has 30 heavy (non-hydrogen) atoms. The van der Waals surface area contributed by atoms with Gasteiger partial charge in [-0.2, -0.15) is 0 Å². The Morgan fingerprint density at radius 3 is 1.00 bits per heavy atom. The maximum Gasteiger partial charge on any atom is 0.495 e. The molecule has 0 aliphatic heterocycles. The third-order valence-corrected chi connectivity index (χ3v) is 2.07. The topological polar surface area (TPSA) is 151 Å². The van der Waals surface area contributed by atoms with Crippen LogP contribution in [0.15, 0.2) is 0 Å². The summed E-state index contributed by atoms with van der Waals surface area (Å²) in [4.78, 5) is 36.7. The number of ether oxygens (including phenoxy) is 2. The molecule has 0 heterocycles. The Morgan fingerprint density at radius 2 is 0.800 bits per heavy atom. The SMILES string of the molecule is CC(C)OC(OO)(OOOC(C)(C)C)OOC(OO)(OOOC(C)(C)C)OC(C)C. The zero-order valence-electron chi connectivity index (χ0n) is 18.9. The maximum absolute atomic E-state index is 9.26. The van der Waals surface area contributed by atoms with Crippen molar-refractivity contribution >= 4 is 0 Å². The summed E-state index contributed by atoms with van der Waals surface area (Å²) in [5.41, 5.74) is -1.64. The van der Waals surface area contributed by atoms with Gasteiger partial charge in [-0.3, -0.25) is 9.47 Å². The smallest absolute Gasteiger partial charge is 0.295 e. The second-order valence-corrected chi connectivity index (χ2v) is 8.38. The second kappa shape index (κ2) is 12.5. The van der Waals surface area contributed by atoms with E-state index in [1.165, 1.54) is 27.7 Å². The molecule has 0 aromatic heterocycles. The Balaban J connectivity index is 5.39. The summed E-state index contributed by atoms with van der Waals surface area (Å²) in [6, 6.07) is 0. The van der Waals surface area contributed by atoms with E-state index in [1.807, 2.05) is 0 Å². The zero-order chi connectivity index (χ0) is 23.6. The minimum absolute atomic E-state index is 0.684. The van der Waals surface area contributed by atoms with Crippen LogP contribution >= 0.6 is 0 Å². The molecule has 0 aromatic carbocycles. The van der Waals surface area contributed by atoms with Crippen molar-refractivity contribution in [3.05, 3.63) is 0 Å². The molecule has 0 bridgehead atoms. The molecule has 14 nitrogen and oxygen atoms in total. The van der Waals surface area contributed by atoms with Gasteiger partial charge in [0.1, 0.15) is 0 Å². The van der Waals surface area contributed by atoms with Crippen LogP contribution in [0.2, 0.25) is 0 Å². The summed E-state index contributed by atoms with van der Waals surface area (Å²) in [6.45, 7) is 16.0. The van der Waals surface area contributed by atoms with Crippen molar-refractivity contribution in [3.8, 4) is 0 Å². The summed E-state index contributed by atoms with van der Waals surface area (Å²) in [7, 11) is 0. The fraction of sp³-hybridized carbons (Fsp3) is 1.00. The largest absolute Gasteiger partial charge is 0.495 e. The summed E-state index contributed by atoms with van der Waals surface area (Å²) in [6.07, 6.45) is -7.18. The fourth-order valence-electron chi connectivity index (χ4n) is 1.21. The van der Waals surface area contributed by atoms with Gasteiger partial charge < -0.3 is 0 Å². The Hall–Kier alpha value is -0.560. The van der Waals surface area contributed by atoms with Crippen LogP contribution in [0.5, 0.6) is 0 Å². The Morgan fingerprint density at radius 1 is 0.500 bits per heavy atom. The first-order valence-corrected chi connectivity index (χ1v) is 9.02. The van der Waals surface area contributed by atoms with Gasteiger partial charge in [-0.05, 0) is 69.2 Å². The molecule has 2 N–H and O–H groups in total. The van der Waals surface area contributed by atoms with Crippen molar-refractivity contribution in [2.75, 3.05) is 0 Å². The van der Waals surface area contributed by atoms with Crippen molar-refractivity contribution < 1.29 is 69.2 Å². The van der Waals surface area contributed by atoms with Crippen LogP contribution in [0.25, 0.3) is 0 Å². The van der Waals surface area contributed by atoms with Crippen LogP contribution in [0.4, 0.5) is 0 Å². The molecular formula is C16H34O14. The van der Waals surface area contributed by atoms with Gasteiger partial charge in [0, 0.05) is 0 Å². The van der Waals surface area contributed by atoms with E-state index in [9.17, 15) is 10.5 Å². The molecule has 0 radical (unpaired) electrons. The predicted molar refractivity (Wildman–Crippen MR) is 93.5 cm³/mol. The second-order valence-electron chi connectivity index (χ2n) is 8.38. The molecule has 0 saturated heterocycles. The first-order valence-electron chi connectivity index (χ1n) is 9.02. The first kappa shape index (κ1) is 29.4. The van der Waals surface area contributed by atoms with E-state index in [0.29, 0.717) is 0 Å². The van der Waals surface area contributed by atoms with Gasteiger partial charge in [0.25, 0.3) is 0 Å². The molecule has 0 aliphatic rings. The summed E-state index contributed by atoms with van der Waals surface area (Å²) in [5, 5.41) is 27.5. The van der Waals surface area contributed by atoms with E-state index in [-0.39, 0.29) is 0 Å². The standard InChI is InChI=1S/C16H34O14/c1-11(2)19-15(21-17,27-29-23-13(5,6)7)25-26-16(22-18,20-12(3)4)28-30-24-14(8,9)10/h11-12,17-18H,1-10H3. The van der Waals surface area contributed by atoms with Gasteiger partial charge in [-0.25, -0.2) is 20.3 Å². The van der Waals surface area contributed by atoms with Gasteiger partial charge >= 0.3 is 12.3 Å². The van der Waals surface area contributed by atoms with Crippen LogP contribution in [-0.4, -0.2) is 46.2 Å². The first-order chi connectivity index (χ1) is 13.6.